The van der Waals surface area contributed by atoms with Gasteiger partial charge < -0.3 is 24.8 Å². The van der Waals surface area contributed by atoms with Gasteiger partial charge in [0.2, 0.25) is 0 Å². The molecule has 2 aliphatic heterocycles. The second kappa shape index (κ2) is 7.08. The van der Waals surface area contributed by atoms with Crippen LogP contribution in [0.5, 0.6) is 11.5 Å². The maximum Gasteiger partial charge on any atom is 0.191 e. The first-order chi connectivity index (χ1) is 11.2. The van der Waals surface area contributed by atoms with Gasteiger partial charge in [0.1, 0.15) is 11.5 Å². The highest BCUT2D eigenvalue weighted by molar-refractivity contribution is 5.80. The van der Waals surface area contributed by atoms with Crippen LogP contribution in [0.4, 0.5) is 0 Å². The SMILES string of the molecule is CN=C(NCc1ccc(OC)cc1OC)NC1CC2CCC1O2. The second-order valence-electron chi connectivity index (χ2n) is 5.96. The highest BCUT2D eigenvalue weighted by Gasteiger charge is 2.41. The van der Waals surface area contributed by atoms with Crippen LogP contribution in [-0.2, 0) is 11.3 Å². The summed E-state index contributed by atoms with van der Waals surface area (Å²) < 4.78 is 16.5. The van der Waals surface area contributed by atoms with Crippen molar-refractivity contribution in [2.45, 2.75) is 44.1 Å². The summed E-state index contributed by atoms with van der Waals surface area (Å²) in [5.41, 5.74) is 1.06. The van der Waals surface area contributed by atoms with Crippen LogP contribution in [0.15, 0.2) is 23.2 Å². The van der Waals surface area contributed by atoms with Crippen LogP contribution < -0.4 is 20.1 Å². The predicted molar refractivity (Wildman–Crippen MR) is 89.2 cm³/mol. The number of nitrogens with zero attached hydrogens (tertiary/aromatic N) is 1. The van der Waals surface area contributed by atoms with E-state index in [0.29, 0.717) is 24.8 Å². The Balaban J connectivity index is 1.58. The van der Waals surface area contributed by atoms with Gasteiger partial charge in [0, 0.05) is 25.2 Å². The van der Waals surface area contributed by atoms with Gasteiger partial charge in [0.05, 0.1) is 32.5 Å². The van der Waals surface area contributed by atoms with Gasteiger partial charge >= 0.3 is 0 Å². The number of aliphatic imine (C=N–C) groups is 1. The minimum Gasteiger partial charge on any atom is -0.497 e. The third-order valence-electron chi connectivity index (χ3n) is 4.59. The van der Waals surface area contributed by atoms with Crippen LogP contribution in [-0.4, -0.2) is 45.5 Å². The number of methoxy groups -OCH3 is 2. The van der Waals surface area contributed by atoms with E-state index in [-0.39, 0.29) is 0 Å². The zero-order chi connectivity index (χ0) is 16.2. The average Bonchev–Trinajstić information content (AvgIpc) is 3.21. The van der Waals surface area contributed by atoms with Gasteiger partial charge in [-0.05, 0) is 31.4 Å². The van der Waals surface area contributed by atoms with Crippen LogP contribution in [0, 0.1) is 0 Å². The molecule has 2 bridgehead atoms. The van der Waals surface area contributed by atoms with Crippen molar-refractivity contribution in [1.29, 1.82) is 0 Å². The number of benzene rings is 1. The van der Waals surface area contributed by atoms with Gasteiger partial charge in [-0.25, -0.2) is 0 Å². The van der Waals surface area contributed by atoms with Crippen molar-refractivity contribution < 1.29 is 14.2 Å². The normalized spacial score (nSPS) is 26.2. The number of nitrogens with one attached hydrogen (secondary N) is 2. The average molecular weight is 319 g/mol. The molecule has 2 N–H and O–H groups in total. The number of hydrogen-bond acceptors (Lipinski definition) is 4. The van der Waals surface area contributed by atoms with E-state index in [1.54, 1.807) is 21.3 Å². The van der Waals surface area contributed by atoms with Crippen molar-refractivity contribution in [2.75, 3.05) is 21.3 Å². The highest BCUT2D eigenvalue weighted by Crippen LogP contribution is 2.34. The molecule has 2 fully saturated rings. The molecule has 6 nitrogen and oxygen atoms in total. The topological polar surface area (TPSA) is 64.1 Å². The third kappa shape index (κ3) is 3.52. The molecule has 0 spiro atoms. The van der Waals surface area contributed by atoms with Gasteiger partial charge in [-0.2, -0.15) is 0 Å². The molecule has 0 aliphatic carbocycles. The summed E-state index contributed by atoms with van der Waals surface area (Å²) in [5, 5.41) is 6.82. The Bertz CT molecular complexity index is 576. The summed E-state index contributed by atoms with van der Waals surface area (Å²) in [6.45, 7) is 0.633. The zero-order valence-electron chi connectivity index (χ0n) is 14.0. The molecule has 1 aromatic rings. The van der Waals surface area contributed by atoms with Gasteiger partial charge in [-0.15, -0.1) is 0 Å². The fraction of sp³-hybridized carbons (Fsp3) is 0.588. The van der Waals surface area contributed by atoms with Crippen LogP contribution in [0.2, 0.25) is 0 Å². The van der Waals surface area contributed by atoms with E-state index in [4.69, 9.17) is 14.2 Å². The summed E-state index contributed by atoms with van der Waals surface area (Å²) in [5.74, 6) is 2.38. The largest absolute Gasteiger partial charge is 0.497 e. The molecule has 0 radical (unpaired) electrons. The molecule has 0 aromatic heterocycles. The maximum atomic E-state index is 5.88. The Kier molecular flexibility index (Phi) is 4.91. The fourth-order valence-electron chi connectivity index (χ4n) is 3.34. The van der Waals surface area contributed by atoms with E-state index >= 15 is 0 Å². The first kappa shape index (κ1) is 15.9. The van der Waals surface area contributed by atoms with Crippen LogP contribution in [0.25, 0.3) is 0 Å². The Morgan fingerprint density at radius 2 is 2.17 bits per heavy atom. The Hall–Kier alpha value is -1.95. The lowest BCUT2D eigenvalue weighted by Gasteiger charge is -2.23. The molecule has 3 rings (SSSR count). The Morgan fingerprint density at radius 3 is 2.78 bits per heavy atom. The van der Waals surface area contributed by atoms with E-state index in [1.165, 1.54) is 6.42 Å². The smallest absolute Gasteiger partial charge is 0.191 e. The minimum absolute atomic E-state index is 0.328. The van der Waals surface area contributed by atoms with Gasteiger partial charge in [-0.3, -0.25) is 4.99 Å². The van der Waals surface area contributed by atoms with Crippen molar-refractivity contribution in [2.24, 2.45) is 4.99 Å². The summed E-state index contributed by atoms with van der Waals surface area (Å²) in [4.78, 5) is 4.31. The summed E-state index contributed by atoms with van der Waals surface area (Å²) in [7, 11) is 5.10. The maximum absolute atomic E-state index is 5.88. The third-order valence-corrected chi connectivity index (χ3v) is 4.59. The minimum atomic E-state index is 0.328. The molecular formula is C17H25N3O3. The van der Waals surface area contributed by atoms with E-state index in [0.717, 1.165) is 35.9 Å². The summed E-state index contributed by atoms with van der Waals surface area (Å²) >= 11 is 0. The van der Waals surface area contributed by atoms with Crippen molar-refractivity contribution in [3.63, 3.8) is 0 Å². The van der Waals surface area contributed by atoms with Crippen molar-refractivity contribution in [3.05, 3.63) is 23.8 Å². The predicted octanol–water partition coefficient (Wildman–Crippen LogP) is 1.69. The molecule has 3 atom stereocenters. The second-order valence-corrected chi connectivity index (χ2v) is 5.96. The molecule has 6 heteroatoms. The number of guanidine groups is 1. The Morgan fingerprint density at radius 1 is 1.30 bits per heavy atom. The Labute approximate surface area is 137 Å². The van der Waals surface area contributed by atoms with Crippen LogP contribution in [0.3, 0.4) is 0 Å². The van der Waals surface area contributed by atoms with Crippen molar-refractivity contribution >= 4 is 5.96 Å². The first-order valence-electron chi connectivity index (χ1n) is 8.07. The highest BCUT2D eigenvalue weighted by atomic mass is 16.5. The number of hydrogen-bond donors (Lipinski definition) is 2. The van der Waals surface area contributed by atoms with Crippen molar-refractivity contribution in [1.82, 2.24) is 10.6 Å². The molecule has 2 aliphatic rings. The van der Waals surface area contributed by atoms with Crippen LogP contribution >= 0.6 is 0 Å². The number of ether oxygens (including phenoxy) is 3. The molecule has 3 unspecified atom stereocenters. The summed E-state index contributed by atoms with van der Waals surface area (Å²) in [6.07, 6.45) is 4.16. The lowest BCUT2D eigenvalue weighted by molar-refractivity contribution is 0.0992. The van der Waals surface area contributed by atoms with E-state index < -0.39 is 0 Å². The van der Waals surface area contributed by atoms with E-state index in [2.05, 4.69) is 15.6 Å². The zero-order valence-corrected chi connectivity index (χ0v) is 14.0. The fourth-order valence-corrected chi connectivity index (χ4v) is 3.34. The van der Waals surface area contributed by atoms with E-state index in [9.17, 15) is 0 Å². The lowest BCUT2D eigenvalue weighted by Crippen LogP contribution is -2.47. The number of fused-ring (bicyclic) bond motifs is 2. The summed E-state index contributed by atoms with van der Waals surface area (Å²) in [6, 6.07) is 6.17. The first-order valence-corrected chi connectivity index (χ1v) is 8.07. The molecular weight excluding hydrogens is 294 g/mol. The van der Waals surface area contributed by atoms with Gasteiger partial charge in [0.25, 0.3) is 0 Å². The molecule has 0 amide bonds. The quantitative estimate of drug-likeness (QED) is 0.639. The van der Waals surface area contributed by atoms with Gasteiger partial charge in [0.15, 0.2) is 5.96 Å². The van der Waals surface area contributed by atoms with Gasteiger partial charge in [-0.1, -0.05) is 0 Å². The van der Waals surface area contributed by atoms with Crippen LogP contribution in [0.1, 0.15) is 24.8 Å². The standard InChI is InChI=1S/C17H25N3O3/c1-18-17(20-14-8-13-6-7-15(14)23-13)19-10-11-4-5-12(21-2)9-16(11)22-3/h4-5,9,13-15H,6-8,10H2,1-3H3,(H2,18,19,20). The lowest BCUT2D eigenvalue weighted by atomic mass is 9.96. The molecule has 23 heavy (non-hydrogen) atoms. The molecule has 126 valence electrons. The number of rotatable bonds is 5. The monoisotopic (exact) mass is 319 g/mol. The van der Waals surface area contributed by atoms with Crippen molar-refractivity contribution in [3.8, 4) is 11.5 Å². The molecule has 1 aromatic carbocycles. The molecule has 2 saturated heterocycles. The molecule has 2 heterocycles. The molecule has 0 saturated carbocycles. The van der Waals surface area contributed by atoms with E-state index in [1.807, 2.05) is 18.2 Å².